The van der Waals surface area contributed by atoms with Crippen LogP contribution in [0.3, 0.4) is 0 Å². The zero-order valence-electron chi connectivity index (χ0n) is 14.8. The number of ether oxygens (including phenoxy) is 1. The molecule has 0 amide bonds. The van der Waals surface area contributed by atoms with E-state index in [1.807, 2.05) is 24.3 Å². The molecule has 0 spiro atoms. The highest BCUT2D eigenvalue weighted by atomic mass is 35.5. The molecule has 1 unspecified atom stereocenters. The second kappa shape index (κ2) is 8.05. The Balaban J connectivity index is 2.07. The van der Waals surface area contributed by atoms with Gasteiger partial charge in [0.05, 0.1) is 12.5 Å². The topological polar surface area (TPSA) is 26.3 Å². The summed E-state index contributed by atoms with van der Waals surface area (Å²) in [7, 11) is 1.68. The third kappa shape index (κ3) is 3.74. The molecule has 2 aromatic carbocycles. The van der Waals surface area contributed by atoms with Crippen molar-refractivity contribution < 1.29 is 9.53 Å². The van der Waals surface area contributed by atoms with Gasteiger partial charge < -0.3 is 4.74 Å². The second-order valence-corrected chi connectivity index (χ2v) is 7.21. The van der Waals surface area contributed by atoms with E-state index in [0.717, 1.165) is 43.4 Å². The first kappa shape index (κ1) is 18.0. The van der Waals surface area contributed by atoms with Crippen LogP contribution in [0.25, 0.3) is 0 Å². The lowest BCUT2D eigenvalue weighted by Gasteiger charge is -2.38. The van der Waals surface area contributed by atoms with Crippen molar-refractivity contribution in [2.75, 3.05) is 13.0 Å². The van der Waals surface area contributed by atoms with Crippen LogP contribution in [0.1, 0.15) is 42.4 Å². The van der Waals surface area contributed by atoms with Crippen molar-refractivity contribution in [1.29, 1.82) is 0 Å². The molecule has 0 N–H and O–H groups in total. The number of halogens is 1. The molecule has 0 aliphatic heterocycles. The highest BCUT2D eigenvalue weighted by molar-refractivity contribution is 6.17. The molecule has 0 saturated heterocycles. The molecule has 3 rings (SSSR count). The van der Waals surface area contributed by atoms with Crippen LogP contribution >= 0.6 is 11.6 Å². The number of methoxy groups -OCH3 is 1. The number of ketones is 1. The summed E-state index contributed by atoms with van der Waals surface area (Å²) in [6, 6.07) is 16.5. The Morgan fingerprint density at radius 3 is 2.60 bits per heavy atom. The van der Waals surface area contributed by atoms with E-state index in [2.05, 4.69) is 24.3 Å². The summed E-state index contributed by atoms with van der Waals surface area (Å²) in [4.78, 5) is 13.2. The Kier molecular flexibility index (Phi) is 5.80. The number of benzene rings is 2. The van der Waals surface area contributed by atoms with Crippen molar-refractivity contribution >= 4 is 17.4 Å². The number of alkyl halides is 1. The lowest BCUT2D eigenvalue weighted by molar-refractivity contribution is -0.125. The van der Waals surface area contributed by atoms with Crippen LogP contribution in [0.2, 0.25) is 0 Å². The number of carbonyl (C=O) groups excluding carboxylic acids is 1. The fraction of sp³-hybridized carbons (Fsp3) is 0.409. The monoisotopic (exact) mass is 356 g/mol. The van der Waals surface area contributed by atoms with E-state index in [1.165, 1.54) is 11.1 Å². The van der Waals surface area contributed by atoms with Gasteiger partial charge in [0.15, 0.2) is 0 Å². The first-order valence-corrected chi connectivity index (χ1v) is 9.53. The number of fused-ring (bicyclic) bond motifs is 1. The molecule has 1 aliphatic carbocycles. The minimum atomic E-state index is -0.463. The fourth-order valence-corrected chi connectivity index (χ4v) is 4.19. The van der Waals surface area contributed by atoms with E-state index < -0.39 is 5.41 Å². The van der Waals surface area contributed by atoms with Crippen LogP contribution in [0.5, 0.6) is 5.75 Å². The van der Waals surface area contributed by atoms with Crippen LogP contribution in [0, 0.1) is 0 Å². The summed E-state index contributed by atoms with van der Waals surface area (Å²) < 4.78 is 5.45. The molecule has 0 fully saturated rings. The van der Waals surface area contributed by atoms with E-state index in [-0.39, 0.29) is 0 Å². The number of hydrogen-bond acceptors (Lipinski definition) is 2. The molecule has 2 aromatic rings. The maximum Gasteiger partial charge on any atom is 0.144 e. The van der Waals surface area contributed by atoms with E-state index in [0.29, 0.717) is 18.1 Å². The number of aryl methyl sites for hydroxylation is 1. The SMILES string of the molecule is COc1ccc2c(c1)C(CCCCCl)(Cc1ccccc1)C(=O)CC2. The molecule has 3 heteroatoms. The summed E-state index contributed by atoms with van der Waals surface area (Å²) >= 11 is 5.90. The highest BCUT2D eigenvalue weighted by Crippen LogP contribution is 2.43. The summed E-state index contributed by atoms with van der Waals surface area (Å²) in [6.07, 6.45) is 4.92. The lowest BCUT2D eigenvalue weighted by Crippen LogP contribution is -2.42. The highest BCUT2D eigenvalue weighted by Gasteiger charge is 2.43. The minimum absolute atomic E-state index is 0.353. The third-order valence-corrected chi connectivity index (χ3v) is 5.59. The quantitative estimate of drug-likeness (QED) is 0.509. The first-order chi connectivity index (χ1) is 12.2. The first-order valence-electron chi connectivity index (χ1n) is 9.00. The third-order valence-electron chi connectivity index (χ3n) is 5.32. The maximum absolute atomic E-state index is 13.2. The fourth-order valence-electron chi connectivity index (χ4n) is 4.01. The van der Waals surface area contributed by atoms with Crippen molar-refractivity contribution in [2.45, 2.75) is 43.9 Å². The van der Waals surface area contributed by atoms with Gasteiger partial charge >= 0.3 is 0 Å². The van der Waals surface area contributed by atoms with Crippen molar-refractivity contribution in [3.05, 3.63) is 65.2 Å². The Hall–Kier alpha value is -1.80. The van der Waals surface area contributed by atoms with Crippen LogP contribution < -0.4 is 4.74 Å². The van der Waals surface area contributed by atoms with Crippen LogP contribution in [-0.4, -0.2) is 18.8 Å². The number of rotatable bonds is 7. The van der Waals surface area contributed by atoms with Gasteiger partial charge in [-0.25, -0.2) is 0 Å². The molecule has 132 valence electrons. The van der Waals surface area contributed by atoms with Gasteiger partial charge in [-0.3, -0.25) is 4.79 Å². The predicted octanol–water partition coefficient (Wildman–Crippen LogP) is 5.10. The normalized spacial score (nSPS) is 19.5. The molecule has 0 aromatic heterocycles. The smallest absolute Gasteiger partial charge is 0.144 e. The molecule has 1 atom stereocenters. The molecule has 25 heavy (non-hydrogen) atoms. The summed E-state index contributed by atoms with van der Waals surface area (Å²) in [5, 5.41) is 0. The standard InChI is InChI=1S/C22H25ClO2/c1-25-19-11-9-18-10-12-21(24)22(20(18)15-19,13-5-6-14-23)16-17-7-3-2-4-8-17/h2-4,7-9,11,15H,5-6,10,12-14,16H2,1H3. The minimum Gasteiger partial charge on any atom is -0.497 e. The average molecular weight is 357 g/mol. The largest absolute Gasteiger partial charge is 0.497 e. The van der Waals surface area contributed by atoms with Crippen LogP contribution in [0.15, 0.2) is 48.5 Å². The maximum atomic E-state index is 13.2. The molecular formula is C22H25ClO2. The van der Waals surface area contributed by atoms with Crippen molar-refractivity contribution in [1.82, 2.24) is 0 Å². The van der Waals surface area contributed by atoms with E-state index in [4.69, 9.17) is 16.3 Å². The van der Waals surface area contributed by atoms with Gasteiger partial charge in [0.2, 0.25) is 0 Å². The Bertz CT molecular complexity index is 726. The van der Waals surface area contributed by atoms with Gasteiger partial charge in [0.1, 0.15) is 11.5 Å². The Morgan fingerprint density at radius 1 is 1.08 bits per heavy atom. The molecular weight excluding hydrogens is 332 g/mol. The molecule has 0 heterocycles. The lowest BCUT2D eigenvalue weighted by atomic mass is 9.63. The molecule has 1 aliphatic rings. The number of hydrogen-bond donors (Lipinski definition) is 0. The zero-order valence-corrected chi connectivity index (χ0v) is 15.5. The molecule has 0 bridgehead atoms. The van der Waals surface area contributed by atoms with Gasteiger partial charge in [-0.2, -0.15) is 0 Å². The number of Topliss-reactive ketones (excluding diaryl/α,β-unsaturated/α-hetero) is 1. The van der Waals surface area contributed by atoms with E-state index in [9.17, 15) is 4.79 Å². The van der Waals surface area contributed by atoms with Crippen molar-refractivity contribution in [2.24, 2.45) is 0 Å². The van der Waals surface area contributed by atoms with Gasteiger partial charge in [0.25, 0.3) is 0 Å². The van der Waals surface area contributed by atoms with Crippen molar-refractivity contribution in [3.8, 4) is 5.75 Å². The summed E-state index contributed by atoms with van der Waals surface area (Å²) in [6.45, 7) is 0. The number of carbonyl (C=O) groups is 1. The average Bonchev–Trinajstić information content (AvgIpc) is 2.65. The molecule has 0 radical (unpaired) electrons. The van der Waals surface area contributed by atoms with Gasteiger partial charge in [-0.1, -0.05) is 42.8 Å². The molecule has 0 saturated carbocycles. The van der Waals surface area contributed by atoms with E-state index in [1.54, 1.807) is 7.11 Å². The van der Waals surface area contributed by atoms with Gasteiger partial charge in [0, 0.05) is 12.3 Å². The van der Waals surface area contributed by atoms with E-state index >= 15 is 0 Å². The molecule has 2 nitrogen and oxygen atoms in total. The summed E-state index contributed by atoms with van der Waals surface area (Å²) in [5.74, 6) is 1.82. The van der Waals surface area contributed by atoms with Gasteiger partial charge in [-0.05, 0) is 54.5 Å². The predicted molar refractivity (Wildman–Crippen MR) is 103 cm³/mol. The van der Waals surface area contributed by atoms with Crippen molar-refractivity contribution in [3.63, 3.8) is 0 Å². The summed E-state index contributed by atoms with van der Waals surface area (Å²) in [5.41, 5.74) is 3.18. The van der Waals surface area contributed by atoms with Gasteiger partial charge in [-0.15, -0.1) is 11.6 Å². The number of unbranched alkanes of at least 4 members (excludes halogenated alkanes) is 1. The Morgan fingerprint density at radius 2 is 1.88 bits per heavy atom. The second-order valence-electron chi connectivity index (χ2n) is 6.84. The Labute approximate surface area is 155 Å². The van der Waals surface area contributed by atoms with Crippen LogP contribution in [-0.2, 0) is 23.1 Å². The zero-order chi connectivity index (χ0) is 17.7. The van der Waals surface area contributed by atoms with Crippen LogP contribution in [0.4, 0.5) is 0 Å².